The quantitative estimate of drug-likeness (QED) is 0.573. The van der Waals surface area contributed by atoms with E-state index in [9.17, 15) is 0 Å². The summed E-state index contributed by atoms with van der Waals surface area (Å²) in [6, 6.07) is 6.10. The highest BCUT2D eigenvalue weighted by Crippen LogP contribution is 2.44. The maximum absolute atomic E-state index is 5.80. The maximum Gasteiger partial charge on any atom is 0.0635 e. The molecule has 0 aliphatic heterocycles. The third-order valence-electron chi connectivity index (χ3n) is 2.71. The Balaban J connectivity index is 2.07. The Bertz CT molecular complexity index is 334. The van der Waals surface area contributed by atoms with E-state index in [0.717, 1.165) is 24.8 Å². The predicted octanol–water partition coefficient (Wildman–Crippen LogP) is 2.20. The van der Waals surface area contributed by atoms with Crippen molar-refractivity contribution in [1.82, 2.24) is 0 Å². The molecule has 1 saturated carbocycles. The number of hydrogen-bond donors (Lipinski definition) is 2. The van der Waals surface area contributed by atoms with Gasteiger partial charge >= 0.3 is 0 Å². The summed E-state index contributed by atoms with van der Waals surface area (Å²) in [5.41, 5.74) is 9.23. The molecule has 0 saturated heterocycles. The molecule has 1 fully saturated rings. The topological polar surface area (TPSA) is 47.3 Å². The zero-order valence-corrected chi connectivity index (χ0v) is 9.12. The molecule has 0 atom stereocenters. The summed E-state index contributed by atoms with van der Waals surface area (Å²) in [5.74, 6) is 0.721. The van der Waals surface area contributed by atoms with Crippen LogP contribution in [0, 0.1) is 0 Å². The summed E-state index contributed by atoms with van der Waals surface area (Å²) >= 11 is 0. The van der Waals surface area contributed by atoms with Crippen LogP contribution in [0.5, 0.6) is 0 Å². The first-order valence-electron chi connectivity index (χ1n) is 5.43. The SMILES string of the molecule is COCCNc1ccc(N)cc1C1CC1. The summed E-state index contributed by atoms with van der Waals surface area (Å²) < 4.78 is 5.02. The fraction of sp³-hybridized carbons (Fsp3) is 0.500. The fourth-order valence-corrected chi connectivity index (χ4v) is 1.76. The van der Waals surface area contributed by atoms with Crippen molar-refractivity contribution in [1.29, 1.82) is 0 Å². The molecule has 1 aliphatic carbocycles. The first-order valence-corrected chi connectivity index (χ1v) is 5.43. The molecular formula is C12H18N2O. The number of anilines is 2. The zero-order chi connectivity index (χ0) is 10.7. The Kier molecular flexibility index (Phi) is 3.11. The molecule has 1 aromatic rings. The number of ether oxygens (including phenoxy) is 1. The summed E-state index contributed by atoms with van der Waals surface area (Å²) in [7, 11) is 1.71. The highest BCUT2D eigenvalue weighted by molar-refractivity contribution is 5.60. The molecule has 3 heteroatoms. The molecule has 0 spiro atoms. The van der Waals surface area contributed by atoms with Gasteiger partial charge in [0.1, 0.15) is 0 Å². The average Bonchev–Trinajstić information content (AvgIpc) is 3.04. The summed E-state index contributed by atoms with van der Waals surface area (Å²) in [5, 5.41) is 3.38. The molecule has 0 radical (unpaired) electrons. The minimum atomic E-state index is 0.721. The minimum Gasteiger partial charge on any atom is -0.399 e. The maximum atomic E-state index is 5.80. The second-order valence-corrected chi connectivity index (χ2v) is 4.04. The fourth-order valence-electron chi connectivity index (χ4n) is 1.76. The van der Waals surface area contributed by atoms with Crippen molar-refractivity contribution >= 4 is 11.4 Å². The largest absolute Gasteiger partial charge is 0.399 e. The van der Waals surface area contributed by atoms with Gasteiger partial charge in [0.15, 0.2) is 0 Å². The lowest BCUT2D eigenvalue weighted by molar-refractivity contribution is 0.211. The molecule has 1 aliphatic rings. The molecule has 0 heterocycles. The van der Waals surface area contributed by atoms with Crippen LogP contribution in [0.2, 0.25) is 0 Å². The van der Waals surface area contributed by atoms with E-state index >= 15 is 0 Å². The molecule has 82 valence electrons. The van der Waals surface area contributed by atoms with Gasteiger partial charge in [-0.05, 0) is 42.5 Å². The van der Waals surface area contributed by atoms with Gasteiger partial charge < -0.3 is 15.8 Å². The van der Waals surface area contributed by atoms with E-state index in [1.807, 2.05) is 6.07 Å². The normalized spacial score (nSPS) is 15.3. The van der Waals surface area contributed by atoms with Crippen molar-refractivity contribution in [3.8, 4) is 0 Å². The molecule has 3 nitrogen and oxygen atoms in total. The molecule has 0 amide bonds. The number of nitrogens with two attached hydrogens (primary N) is 1. The third-order valence-corrected chi connectivity index (χ3v) is 2.71. The number of rotatable bonds is 5. The van der Waals surface area contributed by atoms with Crippen LogP contribution in [0.1, 0.15) is 24.3 Å². The van der Waals surface area contributed by atoms with E-state index in [1.54, 1.807) is 7.11 Å². The van der Waals surface area contributed by atoms with Gasteiger partial charge in [0.25, 0.3) is 0 Å². The van der Waals surface area contributed by atoms with Crippen LogP contribution in [0.4, 0.5) is 11.4 Å². The van der Waals surface area contributed by atoms with E-state index in [0.29, 0.717) is 0 Å². The van der Waals surface area contributed by atoms with Gasteiger partial charge in [-0.3, -0.25) is 0 Å². The molecular weight excluding hydrogens is 188 g/mol. The Morgan fingerprint density at radius 2 is 2.27 bits per heavy atom. The second-order valence-electron chi connectivity index (χ2n) is 4.04. The highest BCUT2D eigenvalue weighted by atomic mass is 16.5. The monoisotopic (exact) mass is 206 g/mol. The smallest absolute Gasteiger partial charge is 0.0635 e. The lowest BCUT2D eigenvalue weighted by atomic mass is 10.1. The lowest BCUT2D eigenvalue weighted by Gasteiger charge is -2.11. The standard InChI is InChI=1S/C12H18N2O/c1-15-7-6-14-12-5-4-10(13)8-11(12)9-2-3-9/h4-5,8-9,14H,2-3,6-7,13H2,1H3. The third kappa shape index (κ3) is 2.63. The molecule has 3 N–H and O–H groups in total. The first-order chi connectivity index (χ1) is 7.31. The summed E-state index contributed by atoms with van der Waals surface area (Å²) in [4.78, 5) is 0. The van der Waals surface area contributed by atoms with E-state index in [2.05, 4.69) is 17.4 Å². The number of hydrogen-bond acceptors (Lipinski definition) is 3. The lowest BCUT2D eigenvalue weighted by Crippen LogP contribution is -2.09. The van der Waals surface area contributed by atoms with Crippen LogP contribution < -0.4 is 11.1 Å². The highest BCUT2D eigenvalue weighted by Gasteiger charge is 2.26. The van der Waals surface area contributed by atoms with E-state index in [4.69, 9.17) is 10.5 Å². The van der Waals surface area contributed by atoms with Crippen molar-refractivity contribution in [3.05, 3.63) is 23.8 Å². The minimum absolute atomic E-state index is 0.721. The van der Waals surface area contributed by atoms with Crippen LogP contribution in [0.25, 0.3) is 0 Å². The van der Waals surface area contributed by atoms with E-state index in [1.165, 1.54) is 24.1 Å². The van der Waals surface area contributed by atoms with E-state index in [-0.39, 0.29) is 0 Å². The van der Waals surface area contributed by atoms with Gasteiger partial charge in [-0.15, -0.1) is 0 Å². The number of benzene rings is 1. The van der Waals surface area contributed by atoms with Crippen LogP contribution >= 0.6 is 0 Å². The van der Waals surface area contributed by atoms with E-state index < -0.39 is 0 Å². The van der Waals surface area contributed by atoms with Crippen LogP contribution in [-0.4, -0.2) is 20.3 Å². The zero-order valence-electron chi connectivity index (χ0n) is 9.12. The van der Waals surface area contributed by atoms with Gasteiger partial charge in [-0.25, -0.2) is 0 Å². The first kappa shape index (κ1) is 10.3. The second kappa shape index (κ2) is 4.53. The number of methoxy groups -OCH3 is 1. The van der Waals surface area contributed by atoms with Gasteiger partial charge in [0.05, 0.1) is 6.61 Å². The van der Waals surface area contributed by atoms with Gasteiger partial charge in [0.2, 0.25) is 0 Å². The summed E-state index contributed by atoms with van der Waals surface area (Å²) in [6.07, 6.45) is 2.59. The van der Waals surface area contributed by atoms with Gasteiger partial charge in [-0.2, -0.15) is 0 Å². The Morgan fingerprint density at radius 3 is 2.93 bits per heavy atom. The molecule has 15 heavy (non-hydrogen) atoms. The Hall–Kier alpha value is -1.22. The van der Waals surface area contributed by atoms with Crippen molar-refractivity contribution < 1.29 is 4.74 Å². The Morgan fingerprint density at radius 1 is 1.47 bits per heavy atom. The van der Waals surface area contributed by atoms with Crippen LogP contribution in [0.15, 0.2) is 18.2 Å². The van der Waals surface area contributed by atoms with Crippen LogP contribution in [-0.2, 0) is 4.74 Å². The predicted molar refractivity (Wildman–Crippen MR) is 63.2 cm³/mol. The molecule has 1 aromatic carbocycles. The molecule has 0 bridgehead atoms. The van der Waals surface area contributed by atoms with Gasteiger partial charge in [0, 0.05) is 25.0 Å². The van der Waals surface area contributed by atoms with Crippen LogP contribution in [0.3, 0.4) is 0 Å². The van der Waals surface area contributed by atoms with Crippen molar-refractivity contribution in [3.63, 3.8) is 0 Å². The van der Waals surface area contributed by atoms with Gasteiger partial charge in [-0.1, -0.05) is 0 Å². The summed E-state index contributed by atoms with van der Waals surface area (Å²) in [6.45, 7) is 1.58. The van der Waals surface area contributed by atoms with Crippen molar-refractivity contribution in [2.75, 3.05) is 31.3 Å². The van der Waals surface area contributed by atoms with Crippen molar-refractivity contribution in [2.24, 2.45) is 0 Å². The number of nitrogens with one attached hydrogen (secondary N) is 1. The molecule has 0 aromatic heterocycles. The Labute approximate surface area is 90.6 Å². The molecule has 2 rings (SSSR count). The number of nitrogen functional groups attached to an aromatic ring is 1. The molecule has 0 unspecified atom stereocenters. The van der Waals surface area contributed by atoms with Crippen molar-refractivity contribution in [2.45, 2.75) is 18.8 Å². The average molecular weight is 206 g/mol.